The third-order valence-electron chi connectivity index (χ3n) is 1.86. The van der Waals surface area contributed by atoms with Gasteiger partial charge in [0.15, 0.2) is 0 Å². The van der Waals surface area contributed by atoms with E-state index in [0.29, 0.717) is 0 Å². The molecule has 0 atom stereocenters. The van der Waals surface area contributed by atoms with Gasteiger partial charge in [0.1, 0.15) is 5.69 Å². The van der Waals surface area contributed by atoms with Crippen LogP contribution in [0.4, 0.5) is 19.1 Å². The summed E-state index contributed by atoms with van der Waals surface area (Å²) >= 11 is 0. The molecule has 0 spiro atoms. The summed E-state index contributed by atoms with van der Waals surface area (Å²) in [7, 11) is 0. The van der Waals surface area contributed by atoms with Gasteiger partial charge >= 0.3 is 12.1 Å². The molecule has 100 valence electrons. The molecule has 8 heteroatoms. The van der Waals surface area contributed by atoms with Crippen LogP contribution < -0.4 is 5.32 Å². The summed E-state index contributed by atoms with van der Waals surface area (Å²) in [5, 5.41) is 2.52. The van der Waals surface area contributed by atoms with Crippen LogP contribution in [0.25, 0.3) is 0 Å². The molecule has 0 aliphatic carbocycles. The van der Waals surface area contributed by atoms with Gasteiger partial charge in [-0.15, -0.1) is 0 Å². The number of carbonyl (C=O) groups is 1. The molecule has 0 radical (unpaired) electrons. The fraction of sp³-hybridized carbons (Fsp3) is 0.500. The van der Waals surface area contributed by atoms with Gasteiger partial charge in [0.2, 0.25) is 5.95 Å². The van der Waals surface area contributed by atoms with Crippen molar-refractivity contribution in [1.82, 2.24) is 9.97 Å². The molecule has 0 saturated carbocycles. The second-order valence-electron chi connectivity index (χ2n) is 3.25. The van der Waals surface area contributed by atoms with Crippen LogP contribution in [0.1, 0.15) is 19.0 Å². The number of alkyl halides is 3. The molecule has 0 aliphatic heterocycles. The van der Waals surface area contributed by atoms with E-state index in [2.05, 4.69) is 20.0 Å². The van der Waals surface area contributed by atoms with Crippen LogP contribution in [0, 0.1) is 0 Å². The van der Waals surface area contributed by atoms with E-state index in [0.717, 1.165) is 12.3 Å². The number of anilines is 1. The van der Waals surface area contributed by atoms with E-state index in [9.17, 15) is 18.0 Å². The Morgan fingerprint density at radius 3 is 2.83 bits per heavy atom. The van der Waals surface area contributed by atoms with Crippen LogP contribution in [-0.4, -0.2) is 29.1 Å². The lowest BCUT2D eigenvalue weighted by Gasteiger charge is -2.08. The van der Waals surface area contributed by atoms with Crippen molar-refractivity contribution >= 4 is 11.9 Å². The molecule has 0 aliphatic rings. The van der Waals surface area contributed by atoms with Crippen molar-refractivity contribution in [2.75, 3.05) is 18.5 Å². The molecule has 1 heterocycles. The lowest BCUT2D eigenvalue weighted by molar-refractivity contribution is -0.143. The molecular formula is C10H12F3N3O2. The average Bonchev–Trinajstić information content (AvgIpc) is 2.29. The number of carbonyl (C=O) groups excluding carboxylic acids is 1. The zero-order chi connectivity index (χ0) is 13.6. The highest BCUT2D eigenvalue weighted by atomic mass is 19.4. The first-order chi connectivity index (χ1) is 8.43. The van der Waals surface area contributed by atoms with Gasteiger partial charge in [0, 0.05) is 12.7 Å². The lowest BCUT2D eigenvalue weighted by atomic mass is 10.4. The van der Waals surface area contributed by atoms with Crippen molar-refractivity contribution < 1.29 is 22.7 Å². The molecule has 0 amide bonds. The highest BCUT2D eigenvalue weighted by Gasteiger charge is 2.32. The van der Waals surface area contributed by atoms with Crippen LogP contribution in [0.2, 0.25) is 0 Å². The summed E-state index contributed by atoms with van der Waals surface area (Å²) in [6.07, 6.45) is -3.48. The van der Waals surface area contributed by atoms with E-state index in [-0.39, 0.29) is 25.5 Å². The van der Waals surface area contributed by atoms with Crippen molar-refractivity contribution in [3.05, 3.63) is 18.0 Å². The Bertz CT molecular complexity index is 410. The second kappa shape index (κ2) is 6.18. The van der Waals surface area contributed by atoms with Gasteiger partial charge in [0.25, 0.3) is 0 Å². The number of nitrogens with zero attached hydrogens (tertiary/aromatic N) is 2. The molecule has 1 aromatic rings. The Labute approximate surface area is 101 Å². The van der Waals surface area contributed by atoms with Gasteiger partial charge < -0.3 is 10.1 Å². The first-order valence-electron chi connectivity index (χ1n) is 5.23. The summed E-state index contributed by atoms with van der Waals surface area (Å²) in [5.41, 5.74) is -1.03. The minimum absolute atomic E-state index is 0.0352. The van der Waals surface area contributed by atoms with E-state index in [1.807, 2.05) is 0 Å². The molecule has 18 heavy (non-hydrogen) atoms. The Hall–Kier alpha value is -1.86. The summed E-state index contributed by atoms with van der Waals surface area (Å²) in [5.74, 6) is -0.605. The van der Waals surface area contributed by atoms with Crippen LogP contribution >= 0.6 is 0 Å². The number of rotatable bonds is 5. The summed E-state index contributed by atoms with van der Waals surface area (Å²) in [6.45, 7) is 2.04. The highest BCUT2D eigenvalue weighted by Crippen LogP contribution is 2.27. The molecule has 0 unspecified atom stereocenters. The molecule has 0 aromatic carbocycles. The van der Waals surface area contributed by atoms with Crippen LogP contribution in [0.3, 0.4) is 0 Å². The Kier molecular flexibility index (Phi) is 4.87. The lowest BCUT2D eigenvalue weighted by Crippen LogP contribution is -2.15. The zero-order valence-electron chi connectivity index (χ0n) is 9.62. The van der Waals surface area contributed by atoms with E-state index in [1.165, 1.54) is 0 Å². The molecule has 0 saturated heterocycles. The van der Waals surface area contributed by atoms with E-state index in [4.69, 9.17) is 0 Å². The van der Waals surface area contributed by atoms with Crippen LogP contribution in [0.5, 0.6) is 0 Å². The van der Waals surface area contributed by atoms with E-state index < -0.39 is 17.8 Å². The first-order valence-corrected chi connectivity index (χ1v) is 5.23. The van der Waals surface area contributed by atoms with Gasteiger partial charge in [-0.1, -0.05) is 0 Å². The fourth-order valence-electron chi connectivity index (χ4n) is 1.11. The minimum Gasteiger partial charge on any atom is -0.466 e. The second-order valence-corrected chi connectivity index (χ2v) is 3.25. The SMILES string of the molecule is CCOC(=O)CCNc1nccc(C(F)(F)F)n1. The normalized spacial score (nSPS) is 11.1. The number of nitrogens with one attached hydrogen (secondary N) is 1. The number of hydrogen-bond donors (Lipinski definition) is 1. The Balaban J connectivity index is 2.51. The first kappa shape index (κ1) is 14.2. The van der Waals surface area contributed by atoms with Crippen molar-refractivity contribution in [1.29, 1.82) is 0 Å². The van der Waals surface area contributed by atoms with Gasteiger partial charge in [-0.05, 0) is 13.0 Å². The third-order valence-corrected chi connectivity index (χ3v) is 1.86. The van der Waals surface area contributed by atoms with Gasteiger partial charge in [-0.2, -0.15) is 13.2 Å². The van der Waals surface area contributed by atoms with Gasteiger partial charge in [-0.3, -0.25) is 4.79 Å². The van der Waals surface area contributed by atoms with Crippen molar-refractivity contribution in [2.24, 2.45) is 0 Å². The predicted octanol–water partition coefficient (Wildman–Crippen LogP) is 1.86. The molecular weight excluding hydrogens is 251 g/mol. The van der Waals surface area contributed by atoms with Gasteiger partial charge in [0.05, 0.1) is 13.0 Å². The topological polar surface area (TPSA) is 64.1 Å². The summed E-state index contributed by atoms with van der Waals surface area (Å²) in [6, 6.07) is 0.774. The third kappa shape index (κ3) is 4.56. The molecule has 0 fully saturated rings. The van der Waals surface area contributed by atoms with Crippen LogP contribution in [-0.2, 0) is 15.7 Å². The number of halogens is 3. The molecule has 0 bridgehead atoms. The number of aromatic nitrogens is 2. The Morgan fingerprint density at radius 2 is 2.22 bits per heavy atom. The molecule has 5 nitrogen and oxygen atoms in total. The van der Waals surface area contributed by atoms with Gasteiger partial charge in [-0.25, -0.2) is 9.97 Å². The number of ether oxygens (including phenoxy) is 1. The highest BCUT2D eigenvalue weighted by molar-refractivity contribution is 5.69. The average molecular weight is 263 g/mol. The van der Waals surface area contributed by atoms with Crippen molar-refractivity contribution in [2.45, 2.75) is 19.5 Å². The zero-order valence-corrected chi connectivity index (χ0v) is 9.62. The molecule has 1 N–H and O–H groups in total. The van der Waals surface area contributed by atoms with E-state index >= 15 is 0 Å². The molecule has 1 aromatic heterocycles. The molecule has 1 rings (SSSR count). The standard InChI is InChI=1S/C10H12F3N3O2/c1-2-18-8(17)4-6-15-9-14-5-3-7(16-9)10(11,12)13/h3,5H,2,4,6H2,1H3,(H,14,15,16). The largest absolute Gasteiger partial charge is 0.466 e. The number of hydrogen-bond acceptors (Lipinski definition) is 5. The maximum absolute atomic E-state index is 12.3. The van der Waals surface area contributed by atoms with E-state index in [1.54, 1.807) is 6.92 Å². The van der Waals surface area contributed by atoms with Crippen molar-refractivity contribution in [3.63, 3.8) is 0 Å². The Morgan fingerprint density at radius 1 is 1.50 bits per heavy atom. The monoisotopic (exact) mass is 263 g/mol. The maximum Gasteiger partial charge on any atom is 0.433 e. The predicted molar refractivity (Wildman–Crippen MR) is 56.8 cm³/mol. The summed E-state index contributed by atoms with van der Waals surface area (Å²) < 4.78 is 41.6. The van der Waals surface area contributed by atoms with Crippen molar-refractivity contribution in [3.8, 4) is 0 Å². The van der Waals surface area contributed by atoms with Crippen LogP contribution in [0.15, 0.2) is 12.3 Å². The summed E-state index contributed by atoms with van der Waals surface area (Å²) in [4.78, 5) is 17.9. The smallest absolute Gasteiger partial charge is 0.433 e. The number of esters is 1. The quantitative estimate of drug-likeness (QED) is 0.821. The minimum atomic E-state index is -4.51. The fourth-order valence-corrected chi connectivity index (χ4v) is 1.11. The maximum atomic E-state index is 12.3.